The van der Waals surface area contributed by atoms with Gasteiger partial charge in [0.15, 0.2) is 0 Å². The van der Waals surface area contributed by atoms with Crippen LogP contribution < -0.4 is 10.2 Å². The fraction of sp³-hybridized carbons (Fsp3) is 0.481. The van der Waals surface area contributed by atoms with Gasteiger partial charge in [-0.15, -0.1) is 0 Å². The van der Waals surface area contributed by atoms with Crippen LogP contribution in [0, 0.1) is 5.92 Å². The zero-order valence-corrected chi connectivity index (χ0v) is 19.3. The molecule has 1 N–H and O–H groups in total. The lowest BCUT2D eigenvalue weighted by Crippen LogP contribution is -2.45. The molecule has 2 aliphatic rings. The standard InChI is InChI=1S/C27H35N3O2/c1-20(2)28-27(32)24-10-6-12-25-23(24)11-7-15-30(25)19-26(31)29-16-13-22(14-17-29)18-21-8-4-3-5-9-21/h3-6,8-10,12,20,22H,7,11,13-19H2,1-2H3,(H,28,32). The smallest absolute Gasteiger partial charge is 0.251 e. The lowest BCUT2D eigenvalue weighted by Gasteiger charge is -2.36. The van der Waals surface area contributed by atoms with E-state index in [1.165, 1.54) is 5.56 Å². The Morgan fingerprint density at radius 3 is 2.47 bits per heavy atom. The van der Waals surface area contributed by atoms with E-state index in [2.05, 4.69) is 46.6 Å². The molecule has 0 aromatic heterocycles. The van der Waals surface area contributed by atoms with Crippen LogP contribution in [0.1, 0.15) is 54.6 Å². The number of likely N-dealkylation sites (tertiary alicyclic amines) is 1. The van der Waals surface area contributed by atoms with Crippen LogP contribution in [0.15, 0.2) is 48.5 Å². The predicted molar refractivity (Wildman–Crippen MR) is 129 cm³/mol. The summed E-state index contributed by atoms with van der Waals surface area (Å²) >= 11 is 0. The highest BCUT2D eigenvalue weighted by Crippen LogP contribution is 2.30. The Morgan fingerprint density at radius 1 is 1.00 bits per heavy atom. The number of nitrogens with zero attached hydrogens (tertiary/aromatic N) is 2. The third-order valence-corrected chi connectivity index (χ3v) is 6.67. The van der Waals surface area contributed by atoms with E-state index in [4.69, 9.17) is 0 Å². The minimum absolute atomic E-state index is 0.0227. The molecule has 32 heavy (non-hydrogen) atoms. The zero-order chi connectivity index (χ0) is 22.5. The van der Waals surface area contributed by atoms with Crippen molar-refractivity contribution < 1.29 is 9.59 Å². The molecule has 0 bridgehead atoms. The monoisotopic (exact) mass is 433 g/mol. The van der Waals surface area contributed by atoms with Crippen molar-refractivity contribution in [2.75, 3.05) is 31.1 Å². The molecular weight excluding hydrogens is 398 g/mol. The molecule has 2 aromatic carbocycles. The molecule has 1 saturated heterocycles. The van der Waals surface area contributed by atoms with Crippen LogP contribution in [0.4, 0.5) is 5.69 Å². The van der Waals surface area contributed by atoms with E-state index in [0.717, 1.165) is 68.6 Å². The maximum Gasteiger partial charge on any atom is 0.251 e. The van der Waals surface area contributed by atoms with E-state index in [-0.39, 0.29) is 17.9 Å². The number of rotatable bonds is 6. The Labute approximate surface area is 191 Å². The lowest BCUT2D eigenvalue weighted by atomic mass is 9.90. The molecule has 2 aliphatic heterocycles. The van der Waals surface area contributed by atoms with E-state index >= 15 is 0 Å². The first-order valence-corrected chi connectivity index (χ1v) is 12.0. The van der Waals surface area contributed by atoms with Crippen LogP contribution >= 0.6 is 0 Å². The number of piperidine rings is 1. The fourth-order valence-electron chi connectivity index (χ4n) is 5.01. The van der Waals surface area contributed by atoms with Gasteiger partial charge in [0.1, 0.15) is 0 Å². The van der Waals surface area contributed by atoms with Gasteiger partial charge in [-0.05, 0) is 75.1 Å². The Morgan fingerprint density at radius 2 is 1.75 bits per heavy atom. The molecule has 5 heteroatoms. The number of carbonyl (C=O) groups excluding carboxylic acids is 2. The van der Waals surface area contributed by atoms with Crippen molar-refractivity contribution in [3.63, 3.8) is 0 Å². The SMILES string of the molecule is CC(C)NC(=O)c1cccc2c1CCCN2CC(=O)N1CCC(Cc2ccccc2)CC1. The highest BCUT2D eigenvalue weighted by atomic mass is 16.2. The van der Waals surface area contributed by atoms with Gasteiger partial charge in [-0.25, -0.2) is 0 Å². The van der Waals surface area contributed by atoms with Gasteiger partial charge in [-0.1, -0.05) is 36.4 Å². The Balaban J connectivity index is 1.36. The van der Waals surface area contributed by atoms with Gasteiger partial charge in [0.2, 0.25) is 5.91 Å². The van der Waals surface area contributed by atoms with Gasteiger partial charge in [0, 0.05) is 36.9 Å². The average Bonchev–Trinajstić information content (AvgIpc) is 2.79. The van der Waals surface area contributed by atoms with E-state index in [0.29, 0.717) is 12.5 Å². The maximum atomic E-state index is 13.1. The van der Waals surface area contributed by atoms with E-state index < -0.39 is 0 Å². The molecule has 0 spiro atoms. The molecular formula is C27H35N3O2. The van der Waals surface area contributed by atoms with Crippen molar-refractivity contribution in [1.29, 1.82) is 0 Å². The maximum absolute atomic E-state index is 13.1. The zero-order valence-electron chi connectivity index (χ0n) is 19.3. The van der Waals surface area contributed by atoms with Crippen molar-refractivity contribution in [1.82, 2.24) is 10.2 Å². The molecule has 2 heterocycles. The minimum Gasteiger partial charge on any atom is -0.362 e. The Bertz CT molecular complexity index is 933. The van der Waals surface area contributed by atoms with Gasteiger partial charge in [0.25, 0.3) is 5.91 Å². The number of anilines is 1. The van der Waals surface area contributed by atoms with Crippen molar-refractivity contribution >= 4 is 17.5 Å². The second-order valence-corrected chi connectivity index (χ2v) is 9.47. The number of benzene rings is 2. The highest BCUT2D eigenvalue weighted by Gasteiger charge is 2.27. The van der Waals surface area contributed by atoms with Crippen LogP contribution in [0.3, 0.4) is 0 Å². The first-order chi connectivity index (χ1) is 15.5. The molecule has 5 nitrogen and oxygen atoms in total. The second-order valence-electron chi connectivity index (χ2n) is 9.47. The number of hydrogen-bond acceptors (Lipinski definition) is 3. The summed E-state index contributed by atoms with van der Waals surface area (Å²) in [7, 11) is 0. The summed E-state index contributed by atoms with van der Waals surface area (Å²) in [6.45, 7) is 6.88. The molecule has 1 fully saturated rings. The van der Waals surface area contributed by atoms with Crippen molar-refractivity contribution in [3.05, 3.63) is 65.2 Å². The first kappa shape index (κ1) is 22.4. The lowest BCUT2D eigenvalue weighted by molar-refractivity contribution is -0.131. The summed E-state index contributed by atoms with van der Waals surface area (Å²) in [6.07, 6.45) is 5.08. The summed E-state index contributed by atoms with van der Waals surface area (Å²) in [5, 5.41) is 3.01. The molecule has 0 atom stereocenters. The van der Waals surface area contributed by atoms with E-state index in [1.807, 2.05) is 30.9 Å². The fourth-order valence-corrected chi connectivity index (χ4v) is 5.01. The third-order valence-electron chi connectivity index (χ3n) is 6.67. The summed E-state index contributed by atoms with van der Waals surface area (Å²) in [6, 6.07) is 16.6. The molecule has 2 amide bonds. The topological polar surface area (TPSA) is 52.7 Å². The van der Waals surface area contributed by atoms with E-state index in [9.17, 15) is 9.59 Å². The normalized spacial score (nSPS) is 16.7. The summed E-state index contributed by atoms with van der Waals surface area (Å²) in [5.74, 6) is 0.831. The predicted octanol–water partition coefficient (Wildman–Crippen LogP) is 4.06. The van der Waals surface area contributed by atoms with Crippen molar-refractivity contribution in [2.45, 2.75) is 52.0 Å². The van der Waals surface area contributed by atoms with Crippen molar-refractivity contribution in [3.8, 4) is 0 Å². The quantitative estimate of drug-likeness (QED) is 0.748. The Hall–Kier alpha value is -2.82. The van der Waals surface area contributed by atoms with E-state index in [1.54, 1.807) is 0 Å². The second kappa shape index (κ2) is 10.2. The van der Waals surface area contributed by atoms with Gasteiger partial charge >= 0.3 is 0 Å². The summed E-state index contributed by atoms with van der Waals surface area (Å²) in [4.78, 5) is 30.0. The molecule has 0 aliphatic carbocycles. The Kier molecular flexibility index (Phi) is 7.13. The highest BCUT2D eigenvalue weighted by molar-refractivity contribution is 5.97. The molecule has 4 rings (SSSR count). The van der Waals surface area contributed by atoms with Crippen LogP contribution in [-0.4, -0.2) is 48.9 Å². The third kappa shape index (κ3) is 5.32. The van der Waals surface area contributed by atoms with Gasteiger partial charge in [0.05, 0.1) is 6.54 Å². The molecule has 0 saturated carbocycles. The molecule has 170 valence electrons. The van der Waals surface area contributed by atoms with Gasteiger partial charge in [-0.2, -0.15) is 0 Å². The minimum atomic E-state index is -0.0227. The number of fused-ring (bicyclic) bond motifs is 1. The van der Waals surface area contributed by atoms with Crippen LogP contribution in [0.2, 0.25) is 0 Å². The summed E-state index contributed by atoms with van der Waals surface area (Å²) in [5.41, 5.74) is 4.25. The largest absolute Gasteiger partial charge is 0.362 e. The van der Waals surface area contributed by atoms with Crippen molar-refractivity contribution in [2.24, 2.45) is 5.92 Å². The number of carbonyl (C=O) groups is 2. The molecule has 2 aromatic rings. The number of amides is 2. The summed E-state index contributed by atoms with van der Waals surface area (Å²) < 4.78 is 0. The number of nitrogens with one attached hydrogen (secondary N) is 1. The van der Waals surface area contributed by atoms with Crippen LogP contribution in [0.5, 0.6) is 0 Å². The number of hydrogen-bond donors (Lipinski definition) is 1. The van der Waals surface area contributed by atoms with Crippen LogP contribution in [0.25, 0.3) is 0 Å². The average molecular weight is 434 g/mol. The molecule has 0 unspecified atom stereocenters. The molecule has 0 radical (unpaired) electrons. The van der Waals surface area contributed by atoms with Crippen LogP contribution in [-0.2, 0) is 17.6 Å². The van der Waals surface area contributed by atoms with Gasteiger partial charge in [-0.3, -0.25) is 9.59 Å². The first-order valence-electron chi connectivity index (χ1n) is 12.0. The van der Waals surface area contributed by atoms with Gasteiger partial charge < -0.3 is 15.1 Å².